The molecule has 29 heavy (non-hydrogen) atoms. The molecule has 0 spiro atoms. The highest BCUT2D eigenvalue weighted by Gasteiger charge is 2.24. The summed E-state index contributed by atoms with van der Waals surface area (Å²) in [6.07, 6.45) is 4.94. The van der Waals surface area contributed by atoms with Gasteiger partial charge in [0.25, 0.3) is 15.7 Å². The second kappa shape index (κ2) is 8.91. The van der Waals surface area contributed by atoms with Gasteiger partial charge in [-0.1, -0.05) is 18.6 Å². The number of hydrogen-bond acceptors (Lipinski definition) is 7. The van der Waals surface area contributed by atoms with Crippen LogP contribution in [0.5, 0.6) is 5.75 Å². The summed E-state index contributed by atoms with van der Waals surface area (Å²) in [5.74, 6) is 0.332. The predicted molar refractivity (Wildman–Crippen MR) is 111 cm³/mol. The first kappa shape index (κ1) is 20.6. The standard InChI is InChI=1S/C19H22N4O5S/c1-28-18-10-6-5-9-16(18)22-29(26,27)19-13-15(23(24)25)11-12-17(19)21-20-14-7-3-2-4-8-14/h5-6,9-13,21-22H,2-4,7-8H2,1H3. The molecule has 154 valence electrons. The molecule has 0 atom stereocenters. The Labute approximate surface area is 169 Å². The number of rotatable bonds is 7. The first-order valence-corrected chi connectivity index (χ1v) is 10.6. The fraction of sp³-hybridized carbons (Fsp3) is 0.316. The number of sulfonamides is 1. The van der Waals surface area contributed by atoms with Crippen LogP contribution in [-0.2, 0) is 10.0 Å². The summed E-state index contributed by atoms with van der Waals surface area (Å²) < 4.78 is 33.7. The lowest BCUT2D eigenvalue weighted by Crippen LogP contribution is -2.16. The Balaban J connectivity index is 1.97. The van der Waals surface area contributed by atoms with Gasteiger partial charge in [-0.3, -0.25) is 20.3 Å². The van der Waals surface area contributed by atoms with Gasteiger partial charge in [0.05, 0.1) is 23.4 Å². The van der Waals surface area contributed by atoms with E-state index >= 15 is 0 Å². The van der Waals surface area contributed by atoms with Gasteiger partial charge in [0, 0.05) is 17.8 Å². The second-order valence-electron chi connectivity index (χ2n) is 6.59. The molecule has 9 nitrogen and oxygen atoms in total. The smallest absolute Gasteiger partial charge is 0.270 e. The number of non-ortho nitro benzene ring substituents is 1. The quantitative estimate of drug-likeness (QED) is 0.515. The lowest BCUT2D eigenvalue weighted by Gasteiger charge is -2.15. The number of hydrogen-bond donors (Lipinski definition) is 2. The summed E-state index contributed by atoms with van der Waals surface area (Å²) in [6, 6.07) is 10.1. The third-order valence-electron chi connectivity index (χ3n) is 4.58. The van der Waals surface area contributed by atoms with Crippen LogP contribution in [0.15, 0.2) is 52.5 Å². The Hall–Kier alpha value is -3.14. The number of ether oxygens (including phenoxy) is 1. The Morgan fingerprint density at radius 3 is 2.48 bits per heavy atom. The van der Waals surface area contributed by atoms with Gasteiger partial charge in [-0.2, -0.15) is 5.10 Å². The molecule has 0 aromatic heterocycles. The van der Waals surface area contributed by atoms with Crippen molar-refractivity contribution in [3.8, 4) is 5.75 Å². The number of nitrogens with zero attached hydrogens (tertiary/aromatic N) is 2. The zero-order valence-corrected chi connectivity index (χ0v) is 16.7. The molecule has 0 aliphatic heterocycles. The normalized spacial score (nSPS) is 14.2. The van der Waals surface area contributed by atoms with Gasteiger partial charge in [-0.05, 0) is 43.9 Å². The molecule has 0 bridgehead atoms. The summed E-state index contributed by atoms with van der Waals surface area (Å²) in [4.78, 5) is 10.3. The molecule has 1 aliphatic carbocycles. The first-order valence-electron chi connectivity index (χ1n) is 9.16. The molecule has 2 N–H and O–H groups in total. The zero-order chi connectivity index (χ0) is 20.9. The van der Waals surface area contributed by atoms with Crippen LogP contribution in [0, 0.1) is 10.1 Å². The molecule has 2 aromatic rings. The maximum absolute atomic E-state index is 13.0. The number of nitro benzene ring substituents is 1. The van der Waals surface area contributed by atoms with Crippen molar-refractivity contribution in [1.29, 1.82) is 0 Å². The number of benzene rings is 2. The molecule has 0 heterocycles. The van der Waals surface area contributed by atoms with Crippen molar-refractivity contribution in [3.63, 3.8) is 0 Å². The zero-order valence-electron chi connectivity index (χ0n) is 15.9. The monoisotopic (exact) mass is 418 g/mol. The molecular weight excluding hydrogens is 396 g/mol. The van der Waals surface area contributed by atoms with Crippen molar-refractivity contribution in [2.45, 2.75) is 37.0 Å². The van der Waals surface area contributed by atoms with Crippen LogP contribution in [0.25, 0.3) is 0 Å². The Kier molecular flexibility index (Phi) is 6.32. The average molecular weight is 418 g/mol. The van der Waals surface area contributed by atoms with E-state index in [9.17, 15) is 18.5 Å². The van der Waals surface area contributed by atoms with E-state index in [4.69, 9.17) is 4.74 Å². The molecular formula is C19H22N4O5S. The third-order valence-corrected chi connectivity index (χ3v) is 5.99. The minimum absolute atomic E-state index is 0.163. The first-order chi connectivity index (χ1) is 13.9. The predicted octanol–water partition coefficient (Wildman–Crippen LogP) is 4.14. The maximum Gasteiger partial charge on any atom is 0.270 e. The van der Waals surface area contributed by atoms with Crippen LogP contribution in [-0.4, -0.2) is 26.2 Å². The van der Waals surface area contributed by atoms with E-state index in [1.807, 2.05) is 0 Å². The van der Waals surface area contributed by atoms with Gasteiger partial charge < -0.3 is 4.74 Å². The van der Waals surface area contributed by atoms with Gasteiger partial charge in [-0.15, -0.1) is 0 Å². The number of anilines is 2. The molecule has 0 saturated heterocycles. The van der Waals surface area contributed by atoms with Crippen LogP contribution < -0.4 is 14.9 Å². The van der Waals surface area contributed by atoms with Gasteiger partial charge in [-0.25, -0.2) is 8.42 Å². The Morgan fingerprint density at radius 1 is 1.07 bits per heavy atom. The molecule has 0 radical (unpaired) electrons. The van der Waals surface area contributed by atoms with Crippen molar-refractivity contribution in [1.82, 2.24) is 0 Å². The van der Waals surface area contributed by atoms with Crippen molar-refractivity contribution < 1.29 is 18.1 Å². The van der Waals surface area contributed by atoms with Gasteiger partial charge in [0.15, 0.2) is 0 Å². The van der Waals surface area contributed by atoms with E-state index in [1.165, 1.54) is 19.2 Å². The topological polar surface area (TPSA) is 123 Å². The number of methoxy groups -OCH3 is 1. The second-order valence-corrected chi connectivity index (χ2v) is 8.24. The molecule has 3 rings (SSSR count). The number of para-hydroxylation sites is 2. The highest BCUT2D eigenvalue weighted by atomic mass is 32.2. The van der Waals surface area contributed by atoms with Gasteiger partial charge in [0.2, 0.25) is 0 Å². The minimum Gasteiger partial charge on any atom is -0.495 e. The van der Waals surface area contributed by atoms with Crippen LogP contribution in [0.3, 0.4) is 0 Å². The van der Waals surface area contributed by atoms with Crippen molar-refractivity contribution in [2.75, 3.05) is 17.3 Å². The van der Waals surface area contributed by atoms with Crippen LogP contribution in [0.2, 0.25) is 0 Å². The Morgan fingerprint density at radius 2 is 1.79 bits per heavy atom. The van der Waals surface area contributed by atoms with Crippen molar-refractivity contribution >= 4 is 32.8 Å². The lowest BCUT2D eigenvalue weighted by atomic mass is 9.99. The van der Waals surface area contributed by atoms with E-state index < -0.39 is 14.9 Å². The Bertz CT molecular complexity index is 1030. The summed E-state index contributed by atoms with van der Waals surface area (Å²) >= 11 is 0. The maximum atomic E-state index is 13.0. The number of hydrazone groups is 1. The highest BCUT2D eigenvalue weighted by Crippen LogP contribution is 2.31. The minimum atomic E-state index is -4.15. The molecule has 2 aromatic carbocycles. The van der Waals surface area contributed by atoms with Crippen molar-refractivity contribution in [2.24, 2.45) is 5.10 Å². The number of nitrogens with one attached hydrogen (secondary N) is 2. The molecule has 1 aliphatic rings. The van der Waals surface area contributed by atoms with Crippen molar-refractivity contribution in [3.05, 3.63) is 52.6 Å². The summed E-state index contributed by atoms with van der Waals surface area (Å²) in [5, 5.41) is 15.5. The van der Waals surface area contributed by atoms with E-state index in [0.717, 1.165) is 43.9 Å². The third kappa shape index (κ3) is 5.02. The van der Waals surface area contributed by atoms with E-state index in [-0.39, 0.29) is 22.0 Å². The number of nitro groups is 1. The summed E-state index contributed by atoms with van der Waals surface area (Å²) in [6.45, 7) is 0. The lowest BCUT2D eigenvalue weighted by molar-refractivity contribution is -0.385. The molecule has 0 unspecified atom stereocenters. The molecule has 1 fully saturated rings. The van der Waals surface area contributed by atoms with Crippen LogP contribution in [0.4, 0.5) is 17.1 Å². The fourth-order valence-corrected chi connectivity index (χ4v) is 4.33. The van der Waals surface area contributed by atoms with E-state index in [2.05, 4.69) is 15.2 Å². The SMILES string of the molecule is COc1ccccc1NS(=O)(=O)c1cc([N+](=O)[O-])ccc1NN=C1CCCCC1. The molecule has 10 heteroatoms. The highest BCUT2D eigenvalue weighted by molar-refractivity contribution is 7.93. The average Bonchev–Trinajstić information content (AvgIpc) is 2.73. The summed E-state index contributed by atoms with van der Waals surface area (Å²) in [7, 11) is -2.73. The largest absolute Gasteiger partial charge is 0.495 e. The van der Waals surface area contributed by atoms with E-state index in [0.29, 0.717) is 5.75 Å². The van der Waals surface area contributed by atoms with Gasteiger partial charge in [0.1, 0.15) is 10.6 Å². The fourth-order valence-electron chi connectivity index (χ4n) is 3.08. The van der Waals surface area contributed by atoms with Crippen LogP contribution >= 0.6 is 0 Å². The summed E-state index contributed by atoms with van der Waals surface area (Å²) in [5.41, 5.74) is 3.80. The van der Waals surface area contributed by atoms with Crippen LogP contribution in [0.1, 0.15) is 32.1 Å². The molecule has 0 amide bonds. The molecule has 1 saturated carbocycles. The van der Waals surface area contributed by atoms with Gasteiger partial charge >= 0.3 is 0 Å². The van der Waals surface area contributed by atoms with E-state index in [1.54, 1.807) is 24.3 Å².